The summed E-state index contributed by atoms with van der Waals surface area (Å²) in [4.78, 5) is 3.42. The second-order valence-corrected chi connectivity index (χ2v) is 4.69. The number of H-pyrrole nitrogens is 1. The third kappa shape index (κ3) is 2.68. The maximum absolute atomic E-state index is 5.44. The molecule has 4 heteroatoms. The summed E-state index contributed by atoms with van der Waals surface area (Å²) in [6.45, 7) is 3.13. The lowest BCUT2D eigenvalue weighted by atomic mass is 10.1. The van der Waals surface area contributed by atoms with Crippen LogP contribution in [0.3, 0.4) is 0 Å². The topological polar surface area (TPSA) is 46.3 Å². The summed E-state index contributed by atoms with van der Waals surface area (Å²) >= 11 is 0. The van der Waals surface area contributed by atoms with Crippen LogP contribution in [-0.2, 0) is 6.42 Å². The van der Waals surface area contributed by atoms with Crippen LogP contribution in [-0.4, -0.2) is 32.8 Å². The second-order valence-electron chi connectivity index (χ2n) is 4.69. The SMILES string of the molecule is CNCCCc1c(C)[nH]c2c(OC)cc(OC)cc12. The summed E-state index contributed by atoms with van der Waals surface area (Å²) in [6.07, 6.45) is 2.16. The minimum atomic E-state index is 0.831. The van der Waals surface area contributed by atoms with Gasteiger partial charge in [0.15, 0.2) is 0 Å². The molecular weight excluding hydrogens is 240 g/mol. The minimum Gasteiger partial charge on any atom is -0.497 e. The Bertz CT molecular complexity index is 561. The average Bonchev–Trinajstić information content (AvgIpc) is 2.74. The van der Waals surface area contributed by atoms with Crippen molar-refractivity contribution in [3.8, 4) is 11.5 Å². The predicted octanol–water partition coefficient (Wildman–Crippen LogP) is 2.65. The number of fused-ring (bicyclic) bond motifs is 1. The molecular formula is C15H22N2O2. The van der Waals surface area contributed by atoms with Gasteiger partial charge >= 0.3 is 0 Å². The molecule has 0 spiro atoms. The Morgan fingerprint density at radius 1 is 1.21 bits per heavy atom. The Labute approximate surface area is 114 Å². The number of hydrogen-bond acceptors (Lipinski definition) is 3. The fourth-order valence-corrected chi connectivity index (χ4v) is 2.47. The smallest absolute Gasteiger partial charge is 0.146 e. The molecule has 1 heterocycles. The van der Waals surface area contributed by atoms with Gasteiger partial charge in [-0.25, -0.2) is 0 Å². The van der Waals surface area contributed by atoms with E-state index >= 15 is 0 Å². The van der Waals surface area contributed by atoms with Crippen LogP contribution in [0.4, 0.5) is 0 Å². The number of aromatic nitrogens is 1. The highest BCUT2D eigenvalue weighted by atomic mass is 16.5. The van der Waals surface area contributed by atoms with E-state index in [-0.39, 0.29) is 0 Å². The molecule has 0 radical (unpaired) electrons. The molecule has 0 atom stereocenters. The molecule has 0 saturated heterocycles. The van der Waals surface area contributed by atoms with Crippen molar-refractivity contribution in [3.05, 3.63) is 23.4 Å². The van der Waals surface area contributed by atoms with Crippen LogP contribution in [0.5, 0.6) is 11.5 Å². The number of aryl methyl sites for hydroxylation is 2. The Kier molecular flexibility index (Phi) is 4.32. The van der Waals surface area contributed by atoms with E-state index in [2.05, 4.69) is 23.3 Å². The molecule has 0 fully saturated rings. The highest BCUT2D eigenvalue weighted by Crippen LogP contribution is 2.34. The van der Waals surface area contributed by atoms with Gasteiger partial charge in [-0.05, 0) is 45.0 Å². The first-order valence-corrected chi connectivity index (χ1v) is 6.59. The highest BCUT2D eigenvalue weighted by Gasteiger charge is 2.13. The highest BCUT2D eigenvalue weighted by molar-refractivity contribution is 5.91. The zero-order valence-electron chi connectivity index (χ0n) is 12.1. The van der Waals surface area contributed by atoms with Crippen LogP contribution in [0.2, 0.25) is 0 Å². The van der Waals surface area contributed by atoms with Gasteiger partial charge in [0, 0.05) is 17.1 Å². The van der Waals surface area contributed by atoms with Gasteiger partial charge in [-0.3, -0.25) is 0 Å². The maximum Gasteiger partial charge on any atom is 0.146 e. The van der Waals surface area contributed by atoms with Gasteiger partial charge in [0.1, 0.15) is 11.5 Å². The number of nitrogens with one attached hydrogen (secondary N) is 2. The van der Waals surface area contributed by atoms with Crippen molar-refractivity contribution < 1.29 is 9.47 Å². The van der Waals surface area contributed by atoms with Crippen LogP contribution in [0.1, 0.15) is 17.7 Å². The molecule has 2 N–H and O–H groups in total. The lowest BCUT2D eigenvalue weighted by Gasteiger charge is -2.07. The number of hydrogen-bond donors (Lipinski definition) is 2. The predicted molar refractivity (Wildman–Crippen MR) is 78.4 cm³/mol. The standard InChI is InChI=1S/C15H22N2O2/c1-10-12(6-5-7-16-2)13-8-11(18-3)9-14(19-4)15(13)17-10/h8-9,16-17H,5-7H2,1-4H3. The molecule has 1 aromatic carbocycles. The quantitative estimate of drug-likeness (QED) is 0.787. The van der Waals surface area contributed by atoms with Crippen molar-refractivity contribution in [2.75, 3.05) is 27.8 Å². The molecule has 0 aliphatic heterocycles. The van der Waals surface area contributed by atoms with Crippen LogP contribution < -0.4 is 14.8 Å². The van der Waals surface area contributed by atoms with Gasteiger partial charge < -0.3 is 19.8 Å². The van der Waals surface area contributed by atoms with E-state index in [9.17, 15) is 0 Å². The first kappa shape index (κ1) is 13.7. The summed E-state index contributed by atoms with van der Waals surface area (Å²) in [5.41, 5.74) is 3.61. The average molecular weight is 262 g/mol. The van der Waals surface area contributed by atoms with Gasteiger partial charge in [0.05, 0.1) is 19.7 Å². The molecule has 2 aromatic rings. The molecule has 0 saturated carbocycles. The zero-order valence-corrected chi connectivity index (χ0v) is 12.1. The van der Waals surface area contributed by atoms with Crippen molar-refractivity contribution in [2.45, 2.75) is 19.8 Å². The zero-order chi connectivity index (χ0) is 13.8. The summed E-state index contributed by atoms with van der Waals surface area (Å²) in [6, 6.07) is 3.99. The van der Waals surface area contributed by atoms with Crippen molar-refractivity contribution >= 4 is 10.9 Å². The molecule has 0 aliphatic rings. The molecule has 4 nitrogen and oxygen atoms in total. The van der Waals surface area contributed by atoms with Gasteiger partial charge in [0.25, 0.3) is 0 Å². The van der Waals surface area contributed by atoms with Crippen molar-refractivity contribution in [1.82, 2.24) is 10.3 Å². The van der Waals surface area contributed by atoms with Gasteiger partial charge in [-0.2, -0.15) is 0 Å². The molecule has 0 amide bonds. The summed E-state index contributed by atoms with van der Waals surface area (Å²) in [5, 5.41) is 4.38. The molecule has 0 aliphatic carbocycles. The fourth-order valence-electron chi connectivity index (χ4n) is 2.47. The summed E-state index contributed by atoms with van der Waals surface area (Å²) in [5.74, 6) is 1.66. The van der Waals surface area contributed by atoms with Crippen LogP contribution in [0.25, 0.3) is 10.9 Å². The molecule has 2 rings (SSSR count). The van der Waals surface area contributed by atoms with E-state index in [0.717, 1.165) is 36.4 Å². The van der Waals surface area contributed by atoms with Gasteiger partial charge in [-0.1, -0.05) is 0 Å². The van der Waals surface area contributed by atoms with E-state index in [1.54, 1.807) is 14.2 Å². The monoisotopic (exact) mass is 262 g/mol. The fraction of sp³-hybridized carbons (Fsp3) is 0.467. The van der Waals surface area contributed by atoms with Gasteiger partial charge in [0.2, 0.25) is 0 Å². The lowest BCUT2D eigenvalue weighted by molar-refractivity contribution is 0.397. The van der Waals surface area contributed by atoms with Gasteiger partial charge in [-0.15, -0.1) is 0 Å². The first-order valence-electron chi connectivity index (χ1n) is 6.59. The van der Waals surface area contributed by atoms with Crippen LogP contribution in [0.15, 0.2) is 12.1 Å². The molecule has 19 heavy (non-hydrogen) atoms. The number of rotatable bonds is 6. The van der Waals surface area contributed by atoms with Crippen LogP contribution in [0, 0.1) is 6.92 Å². The Hall–Kier alpha value is -1.68. The second kappa shape index (κ2) is 5.97. The van der Waals surface area contributed by atoms with E-state index in [1.807, 2.05) is 13.1 Å². The Morgan fingerprint density at radius 3 is 2.63 bits per heavy atom. The van der Waals surface area contributed by atoms with Crippen molar-refractivity contribution in [3.63, 3.8) is 0 Å². The largest absolute Gasteiger partial charge is 0.497 e. The number of aromatic amines is 1. The minimum absolute atomic E-state index is 0.831. The van der Waals surface area contributed by atoms with E-state index in [0.29, 0.717) is 0 Å². The molecule has 0 unspecified atom stereocenters. The Morgan fingerprint density at radius 2 is 2.00 bits per heavy atom. The van der Waals surface area contributed by atoms with Crippen molar-refractivity contribution in [1.29, 1.82) is 0 Å². The first-order chi connectivity index (χ1) is 9.21. The molecule has 104 valence electrons. The maximum atomic E-state index is 5.44. The van der Waals surface area contributed by atoms with E-state index in [4.69, 9.17) is 9.47 Å². The van der Waals surface area contributed by atoms with Crippen LogP contribution >= 0.6 is 0 Å². The molecule has 0 bridgehead atoms. The third-order valence-electron chi connectivity index (χ3n) is 3.48. The number of ether oxygens (including phenoxy) is 2. The number of methoxy groups -OCH3 is 2. The Balaban J connectivity index is 2.47. The van der Waals surface area contributed by atoms with E-state index in [1.165, 1.54) is 16.6 Å². The van der Waals surface area contributed by atoms with Crippen molar-refractivity contribution in [2.24, 2.45) is 0 Å². The normalized spacial score (nSPS) is 10.9. The number of benzene rings is 1. The lowest BCUT2D eigenvalue weighted by Crippen LogP contribution is -2.08. The van der Waals surface area contributed by atoms with E-state index < -0.39 is 0 Å². The third-order valence-corrected chi connectivity index (χ3v) is 3.48. The summed E-state index contributed by atoms with van der Waals surface area (Å²) in [7, 11) is 5.35. The molecule has 1 aromatic heterocycles. The summed E-state index contributed by atoms with van der Waals surface area (Å²) < 4.78 is 10.8.